The fourth-order valence-electron chi connectivity index (χ4n) is 2.07. The maximum absolute atomic E-state index is 12.4. The Morgan fingerprint density at radius 2 is 2.05 bits per heavy atom. The van der Waals surface area contributed by atoms with E-state index in [1.165, 1.54) is 0 Å². The molecule has 2 aromatic rings. The Morgan fingerprint density at radius 1 is 1.30 bits per heavy atom. The van der Waals surface area contributed by atoms with Gasteiger partial charge in [-0.15, -0.1) is 12.6 Å². The van der Waals surface area contributed by atoms with Crippen molar-refractivity contribution in [1.82, 2.24) is 0 Å². The van der Waals surface area contributed by atoms with Crippen LogP contribution in [0.15, 0.2) is 41.3 Å². The number of anilines is 1. The summed E-state index contributed by atoms with van der Waals surface area (Å²) in [5, 5.41) is 3.38. The van der Waals surface area contributed by atoms with Crippen LogP contribution >= 0.6 is 24.2 Å². The van der Waals surface area contributed by atoms with Gasteiger partial charge in [-0.1, -0.05) is 36.7 Å². The molecule has 0 saturated heterocycles. The normalized spacial score (nSPS) is 10.4. The minimum atomic E-state index is -0.213. The number of carbonyl (C=O) groups excluding carboxylic acids is 1. The van der Waals surface area contributed by atoms with Crippen molar-refractivity contribution in [2.24, 2.45) is 0 Å². The lowest BCUT2D eigenvalue weighted by atomic mass is 10.1. The molecule has 0 aliphatic rings. The van der Waals surface area contributed by atoms with E-state index < -0.39 is 0 Å². The molecule has 0 atom stereocenters. The Balaban J connectivity index is 2.35. The summed E-state index contributed by atoms with van der Waals surface area (Å²) in [5.74, 6) is -0.213. The van der Waals surface area contributed by atoms with Gasteiger partial charge in [0.2, 0.25) is 0 Å². The molecule has 0 fully saturated rings. The Hall–Kier alpha value is -1.45. The van der Waals surface area contributed by atoms with E-state index in [-0.39, 0.29) is 5.91 Å². The molecule has 0 aliphatic heterocycles. The van der Waals surface area contributed by atoms with Crippen LogP contribution in [0.5, 0.6) is 0 Å². The number of hydrogen-bond donors (Lipinski definition) is 2. The lowest BCUT2D eigenvalue weighted by Gasteiger charge is -2.13. The Labute approximate surface area is 129 Å². The third-order valence-electron chi connectivity index (χ3n) is 3.17. The molecule has 0 saturated carbocycles. The molecular formula is C16H16ClNOS. The van der Waals surface area contributed by atoms with Crippen LogP contribution in [0, 0.1) is 6.92 Å². The molecule has 104 valence electrons. The quantitative estimate of drug-likeness (QED) is 0.787. The molecular weight excluding hydrogens is 290 g/mol. The van der Waals surface area contributed by atoms with Gasteiger partial charge in [0.05, 0.1) is 10.6 Å². The molecule has 0 unspecified atom stereocenters. The molecule has 0 heterocycles. The van der Waals surface area contributed by atoms with Crippen molar-refractivity contribution in [2.45, 2.75) is 25.2 Å². The fourth-order valence-corrected chi connectivity index (χ4v) is 2.48. The van der Waals surface area contributed by atoms with E-state index in [4.69, 9.17) is 11.6 Å². The number of nitrogens with one attached hydrogen (secondary N) is 1. The number of aryl methyl sites for hydroxylation is 2. The SMILES string of the molecule is CCc1cccc(C)c1NC(=O)c1cc(S)ccc1Cl. The summed E-state index contributed by atoms with van der Waals surface area (Å²) in [6.07, 6.45) is 0.859. The van der Waals surface area contributed by atoms with E-state index in [1.807, 2.05) is 25.1 Å². The van der Waals surface area contributed by atoms with Crippen LogP contribution in [0.1, 0.15) is 28.4 Å². The van der Waals surface area contributed by atoms with Crippen LogP contribution in [0.3, 0.4) is 0 Å². The minimum Gasteiger partial charge on any atom is -0.321 e. The van der Waals surface area contributed by atoms with Gasteiger partial charge in [-0.25, -0.2) is 0 Å². The van der Waals surface area contributed by atoms with Crippen LogP contribution in [-0.2, 0) is 6.42 Å². The third-order valence-corrected chi connectivity index (χ3v) is 3.78. The summed E-state index contributed by atoms with van der Waals surface area (Å²) < 4.78 is 0. The van der Waals surface area contributed by atoms with E-state index in [2.05, 4.69) is 24.9 Å². The standard InChI is InChI=1S/C16H16ClNOS/c1-3-11-6-4-5-10(2)15(11)18-16(19)13-9-12(20)7-8-14(13)17/h4-9,20H,3H2,1-2H3,(H,18,19). The molecule has 2 rings (SSSR count). The molecule has 2 nitrogen and oxygen atoms in total. The number of amides is 1. The zero-order chi connectivity index (χ0) is 14.7. The summed E-state index contributed by atoms with van der Waals surface area (Å²) in [5.41, 5.74) is 3.44. The van der Waals surface area contributed by atoms with Crippen molar-refractivity contribution in [3.8, 4) is 0 Å². The Bertz CT molecular complexity index is 655. The second-order valence-corrected chi connectivity index (χ2v) is 5.50. The molecule has 4 heteroatoms. The Morgan fingerprint density at radius 3 is 2.75 bits per heavy atom. The first-order chi connectivity index (χ1) is 9.52. The van der Waals surface area contributed by atoms with E-state index >= 15 is 0 Å². The van der Waals surface area contributed by atoms with E-state index in [0.717, 1.165) is 23.2 Å². The molecule has 0 aromatic heterocycles. The molecule has 1 amide bonds. The highest BCUT2D eigenvalue weighted by Crippen LogP contribution is 2.24. The number of benzene rings is 2. The van der Waals surface area contributed by atoms with Crippen LogP contribution in [0.2, 0.25) is 5.02 Å². The third kappa shape index (κ3) is 3.17. The number of halogens is 1. The second kappa shape index (κ2) is 6.33. The maximum Gasteiger partial charge on any atom is 0.257 e. The number of carbonyl (C=O) groups is 1. The van der Waals surface area contributed by atoms with Crippen LogP contribution in [0.4, 0.5) is 5.69 Å². The van der Waals surface area contributed by atoms with Crippen LogP contribution in [0.25, 0.3) is 0 Å². The van der Waals surface area contributed by atoms with Gasteiger partial charge in [0.1, 0.15) is 0 Å². The molecule has 0 spiro atoms. The number of para-hydroxylation sites is 1. The number of hydrogen-bond acceptors (Lipinski definition) is 2. The van der Waals surface area contributed by atoms with Gasteiger partial charge in [-0.05, 0) is 42.7 Å². The highest BCUT2D eigenvalue weighted by molar-refractivity contribution is 7.80. The van der Waals surface area contributed by atoms with Crippen LogP contribution in [-0.4, -0.2) is 5.91 Å². The van der Waals surface area contributed by atoms with Gasteiger partial charge >= 0.3 is 0 Å². The first-order valence-corrected chi connectivity index (χ1v) is 7.23. The first kappa shape index (κ1) is 14.9. The highest BCUT2D eigenvalue weighted by Gasteiger charge is 2.13. The van der Waals surface area contributed by atoms with Gasteiger partial charge in [-0.3, -0.25) is 4.79 Å². The monoisotopic (exact) mass is 305 g/mol. The average molecular weight is 306 g/mol. The topological polar surface area (TPSA) is 29.1 Å². The van der Waals surface area contributed by atoms with Crippen molar-refractivity contribution in [2.75, 3.05) is 5.32 Å². The van der Waals surface area contributed by atoms with Gasteiger partial charge in [0.25, 0.3) is 5.91 Å². The van der Waals surface area contributed by atoms with Gasteiger partial charge in [-0.2, -0.15) is 0 Å². The molecule has 20 heavy (non-hydrogen) atoms. The minimum absolute atomic E-state index is 0.213. The van der Waals surface area contributed by atoms with Gasteiger partial charge < -0.3 is 5.32 Å². The van der Waals surface area contributed by atoms with E-state index in [9.17, 15) is 4.79 Å². The zero-order valence-corrected chi connectivity index (χ0v) is 13.1. The molecule has 0 radical (unpaired) electrons. The molecule has 2 aromatic carbocycles. The summed E-state index contributed by atoms with van der Waals surface area (Å²) in [7, 11) is 0. The lowest BCUT2D eigenvalue weighted by Crippen LogP contribution is -2.14. The average Bonchev–Trinajstić information content (AvgIpc) is 2.43. The predicted octanol–water partition coefficient (Wildman–Crippen LogP) is 4.75. The van der Waals surface area contributed by atoms with Crippen molar-refractivity contribution in [1.29, 1.82) is 0 Å². The molecule has 1 N–H and O–H groups in total. The lowest BCUT2D eigenvalue weighted by molar-refractivity contribution is 0.102. The van der Waals surface area contributed by atoms with Gasteiger partial charge in [0.15, 0.2) is 0 Å². The largest absolute Gasteiger partial charge is 0.321 e. The van der Waals surface area contributed by atoms with Crippen molar-refractivity contribution in [3.63, 3.8) is 0 Å². The van der Waals surface area contributed by atoms with E-state index in [0.29, 0.717) is 15.5 Å². The Kier molecular flexibility index (Phi) is 4.73. The van der Waals surface area contributed by atoms with Crippen molar-refractivity contribution in [3.05, 3.63) is 58.1 Å². The second-order valence-electron chi connectivity index (χ2n) is 4.58. The van der Waals surface area contributed by atoms with Crippen molar-refractivity contribution >= 4 is 35.8 Å². The number of rotatable bonds is 3. The van der Waals surface area contributed by atoms with E-state index in [1.54, 1.807) is 18.2 Å². The zero-order valence-electron chi connectivity index (χ0n) is 11.4. The number of thiol groups is 1. The smallest absolute Gasteiger partial charge is 0.257 e. The van der Waals surface area contributed by atoms with Crippen molar-refractivity contribution < 1.29 is 4.79 Å². The molecule has 0 aliphatic carbocycles. The maximum atomic E-state index is 12.4. The molecule has 0 bridgehead atoms. The summed E-state index contributed by atoms with van der Waals surface area (Å²) in [6.45, 7) is 4.04. The van der Waals surface area contributed by atoms with Crippen LogP contribution < -0.4 is 5.32 Å². The summed E-state index contributed by atoms with van der Waals surface area (Å²) in [4.78, 5) is 13.1. The summed E-state index contributed by atoms with van der Waals surface area (Å²) >= 11 is 10.3. The first-order valence-electron chi connectivity index (χ1n) is 6.41. The predicted molar refractivity (Wildman–Crippen MR) is 87.2 cm³/mol. The van der Waals surface area contributed by atoms with Gasteiger partial charge in [0, 0.05) is 10.6 Å². The fraction of sp³-hybridized carbons (Fsp3) is 0.188. The highest BCUT2D eigenvalue weighted by atomic mass is 35.5. The summed E-state index contributed by atoms with van der Waals surface area (Å²) in [6, 6.07) is 11.1.